The Morgan fingerprint density at radius 3 is 2.34 bits per heavy atom. The number of nitrogens with one attached hydrogen (secondary N) is 3. The molecule has 2 aromatic carbocycles. The van der Waals surface area contributed by atoms with E-state index >= 15 is 0 Å². The van der Waals surface area contributed by atoms with E-state index in [1.807, 2.05) is 44.2 Å². The number of hydrogen-bond acceptors (Lipinski definition) is 11. The fraction of sp³-hybridized carbons (Fsp3) is 0.364. The molecule has 3 atom stereocenters. The maximum Gasteiger partial charge on any atom is 0.618 e. The van der Waals surface area contributed by atoms with Crippen LogP contribution in [0.1, 0.15) is 49.2 Å². The van der Waals surface area contributed by atoms with Crippen molar-refractivity contribution in [2.24, 2.45) is 5.92 Å². The molecule has 4 rings (SSSR count). The van der Waals surface area contributed by atoms with Gasteiger partial charge in [-0.05, 0) is 36.5 Å². The first-order chi connectivity index (χ1) is 25.1. The Morgan fingerprint density at radius 2 is 1.70 bits per heavy atom. The van der Waals surface area contributed by atoms with E-state index in [9.17, 15) is 28.5 Å². The normalized spacial score (nSPS) is 13.7. The SMILES string of the molecule is CC(C)C[C@H](NC(=O)[C@H](Cc1ccccc1)NC(=O)c1cnccn1)B1Oc2ccc(N(C)C(=O)OCCCC(=O)NC(C(=O)O)P(=O)(O)O)cc2O1. The van der Waals surface area contributed by atoms with Gasteiger partial charge in [-0.1, -0.05) is 44.2 Å². The zero-order valence-corrected chi connectivity index (χ0v) is 30.0. The lowest BCUT2D eigenvalue weighted by molar-refractivity contribution is -0.139. The van der Waals surface area contributed by atoms with E-state index in [2.05, 4.69) is 20.6 Å². The molecule has 0 saturated heterocycles. The van der Waals surface area contributed by atoms with Crippen molar-refractivity contribution in [1.82, 2.24) is 25.9 Å². The van der Waals surface area contributed by atoms with E-state index in [1.165, 1.54) is 30.5 Å². The van der Waals surface area contributed by atoms with Crippen LogP contribution in [0.2, 0.25) is 0 Å². The van der Waals surface area contributed by atoms with Gasteiger partial charge in [0, 0.05) is 38.3 Å². The summed E-state index contributed by atoms with van der Waals surface area (Å²) >= 11 is 0. The maximum atomic E-state index is 13.8. The number of carboxylic acids is 1. The van der Waals surface area contributed by atoms with Crippen LogP contribution in [0.3, 0.4) is 0 Å². The molecule has 0 spiro atoms. The van der Waals surface area contributed by atoms with Crippen LogP contribution >= 0.6 is 7.60 Å². The fourth-order valence-corrected chi connectivity index (χ4v) is 5.78. The molecule has 0 saturated carbocycles. The lowest BCUT2D eigenvalue weighted by atomic mass is 9.74. The number of carboxylic acid groups (broad SMARTS) is 1. The van der Waals surface area contributed by atoms with Crippen LogP contribution in [0.5, 0.6) is 11.5 Å². The zero-order chi connectivity index (χ0) is 38.7. The summed E-state index contributed by atoms with van der Waals surface area (Å²) in [5.74, 6) is -6.15. The molecular weight excluding hydrogens is 714 g/mol. The van der Waals surface area contributed by atoms with Gasteiger partial charge in [-0.3, -0.25) is 28.8 Å². The first-order valence-corrected chi connectivity index (χ1v) is 18.2. The summed E-state index contributed by atoms with van der Waals surface area (Å²) in [6.45, 7) is 3.69. The standard InChI is InChI=1S/C33H40BN6O12P/c1-20(2)16-27(38-29(42)23(17-21-8-5-4-6-9-21)37-30(43)24-19-35-13-14-36-24)34-51-25-12-11-22(18-26(25)52-34)40(3)33(46)50-15-7-10-28(41)39-31(32(44)45)53(47,48)49/h4-6,8-9,11-14,18-20,23,27,31H,7,10,15-17H2,1-3H3,(H,37,43)(H,38,42)(H,39,41)(H,44,45)(H2,47,48,49)/t23-,27-,31?/m0/s1. The predicted molar refractivity (Wildman–Crippen MR) is 189 cm³/mol. The lowest BCUT2D eigenvalue weighted by Crippen LogP contribution is -2.57. The molecule has 4 amide bonds. The monoisotopic (exact) mass is 754 g/mol. The number of rotatable bonds is 17. The molecular formula is C33H40BN6O12P. The molecule has 0 fully saturated rings. The minimum absolute atomic E-state index is 0.0544. The average Bonchev–Trinajstić information content (AvgIpc) is 3.55. The van der Waals surface area contributed by atoms with Gasteiger partial charge in [0.05, 0.1) is 24.4 Å². The van der Waals surface area contributed by atoms with Crippen molar-refractivity contribution in [3.05, 3.63) is 78.4 Å². The number of hydrogen-bond donors (Lipinski definition) is 6. The lowest BCUT2D eigenvalue weighted by Gasteiger charge is -2.25. The molecule has 1 aliphatic rings. The highest BCUT2D eigenvalue weighted by Crippen LogP contribution is 2.40. The van der Waals surface area contributed by atoms with Crippen molar-refractivity contribution in [2.75, 3.05) is 18.6 Å². The Morgan fingerprint density at radius 1 is 0.981 bits per heavy atom. The number of aromatic nitrogens is 2. The van der Waals surface area contributed by atoms with E-state index < -0.39 is 62.3 Å². The maximum absolute atomic E-state index is 13.8. The van der Waals surface area contributed by atoms with Gasteiger partial charge in [0.25, 0.3) is 5.91 Å². The number of anilines is 1. The van der Waals surface area contributed by atoms with Gasteiger partial charge in [0.1, 0.15) is 23.2 Å². The number of benzene rings is 2. The van der Waals surface area contributed by atoms with Crippen molar-refractivity contribution in [3.8, 4) is 11.5 Å². The topological polar surface area (TPSA) is 256 Å². The van der Waals surface area contributed by atoms with Gasteiger partial charge in [0.2, 0.25) is 17.6 Å². The summed E-state index contributed by atoms with van der Waals surface area (Å²) in [4.78, 5) is 89.9. The third kappa shape index (κ3) is 11.7. The first-order valence-electron chi connectivity index (χ1n) is 16.5. The average molecular weight is 754 g/mol. The van der Waals surface area contributed by atoms with Crippen molar-refractivity contribution in [1.29, 1.82) is 0 Å². The second kappa shape index (κ2) is 18.3. The number of fused-ring (bicyclic) bond motifs is 1. The number of carbonyl (C=O) groups excluding carboxylic acids is 4. The Balaban J connectivity index is 1.37. The van der Waals surface area contributed by atoms with Gasteiger partial charge in [-0.2, -0.15) is 0 Å². The number of ether oxygens (including phenoxy) is 1. The molecule has 6 N–H and O–H groups in total. The number of nitrogens with zero attached hydrogens (tertiary/aromatic N) is 3. The highest BCUT2D eigenvalue weighted by atomic mass is 31.2. The van der Waals surface area contributed by atoms with Gasteiger partial charge in [0.15, 0.2) is 0 Å². The van der Waals surface area contributed by atoms with Crippen LogP contribution in [0.4, 0.5) is 10.5 Å². The van der Waals surface area contributed by atoms with E-state index in [4.69, 9.17) is 28.9 Å². The second-order valence-corrected chi connectivity index (χ2v) is 14.2. The largest absolute Gasteiger partial charge is 0.618 e. The van der Waals surface area contributed by atoms with Gasteiger partial charge in [-0.15, -0.1) is 0 Å². The molecule has 1 aromatic heterocycles. The van der Waals surface area contributed by atoms with Crippen molar-refractivity contribution < 1.29 is 57.5 Å². The van der Waals surface area contributed by atoms with Gasteiger partial charge < -0.3 is 44.9 Å². The molecule has 20 heteroatoms. The minimum Gasteiger partial charge on any atom is -0.522 e. The highest BCUT2D eigenvalue weighted by molar-refractivity contribution is 7.53. The molecule has 2 heterocycles. The van der Waals surface area contributed by atoms with E-state index in [-0.39, 0.29) is 37.5 Å². The van der Waals surface area contributed by atoms with Gasteiger partial charge >= 0.3 is 26.8 Å². The van der Waals surface area contributed by atoms with Crippen molar-refractivity contribution in [2.45, 2.75) is 57.3 Å². The smallest absolute Gasteiger partial charge is 0.522 e. The van der Waals surface area contributed by atoms with Crippen molar-refractivity contribution in [3.63, 3.8) is 0 Å². The minimum atomic E-state index is -5.13. The van der Waals surface area contributed by atoms with E-state index in [0.29, 0.717) is 23.6 Å². The molecule has 3 aromatic rings. The van der Waals surface area contributed by atoms with Crippen LogP contribution in [0, 0.1) is 5.92 Å². The van der Waals surface area contributed by atoms with Crippen LogP contribution in [0.15, 0.2) is 67.1 Å². The molecule has 1 unspecified atom stereocenters. The Bertz CT molecular complexity index is 1820. The third-order valence-electron chi connectivity index (χ3n) is 7.80. The summed E-state index contributed by atoms with van der Waals surface area (Å²) < 4.78 is 28.7. The molecule has 53 heavy (non-hydrogen) atoms. The molecule has 0 bridgehead atoms. The molecule has 18 nitrogen and oxygen atoms in total. The summed E-state index contributed by atoms with van der Waals surface area (Å²) in [6, 6.07) is 13.0. The number of amides is 4. The summed E-state index contributed by atoms with van der Waals surface area (Å²) in [5.41, 5.74) is 1.24. The zero-order valence-electron chi connectivity index (χ0n) is 29.1. The summed E-state index contributed by atoms with van der Waals surface area (Å²) in [6.07, 6.45) is 3.56. The van der Waals surface area contributed by atoms with Crippen LogP contribution in [-0.2, 0) is 30.1 Å². The summed E-state index contributed by atoms with van der Waals surface area (Å²) in [5, 5.41) is 16.5. The van der Waals surface area contributed by atoms with Crippen LogP contribution in [-0.4, -0.2) is 93.2 Å². The molecule has 282 valence electrons. The molecule has 0 aliphatic carbocycles. The van der Waals surface area contributed by atoms with Crippen LogP contribution < -0.4 is 30.2 Å². The second-order valence-electron chi connectivity index (χ2n) is 12.5. The highest BCUT2D eigenvalue weighted by Gasteiger charge is 2.43. The Labute approximate surface area is 304 Å². The third-order valence-corrected chi connectivity index (χ3v) is 8.82. The number of aliphatic carboxylic acids is 1. The fourth-order valence-electron chi connectivity index (χ4n) is 5.18. The van der Waals surface area contributed by atoms with Gasteiger partial charge in [-0.25, -0.2) is 14.6 Å². The van der Waals surface area contributed by atoms with E-state index in [0.717, 1.165) is 5.56 Å². The first kappa shape index (κ1) is 40.3. The van der Waals surface area contributed by atoms with E-state index in [1.54, 1.807) is 23.5 Å². The Hall–Kier alpha value is -5.52. The number of carbonyl (C=O) groups is 5. The Kier molecular flexibility index (Phi) is 13.9. The predicted octanol–water partition coefficient (Wildman–Crippen LogP) is 1.91. The quantitative estimate of drug-likeness (QED) is 0.0654. The molecule has 1 aliphatic heterocycles. The van der Waals surface area contributed by atoms with Crippen molar-refractivity contribution >= 4 is 50.2 Å². The summed E-state index contributed by atoms with van der Waals surface area (Å²) in [7, 11) is -4.64. The molecule has 0 radical (unpaired) electrons. The van der Waals surface area contributed by atoms with Crippen LogP contribution in [0.25, 0.3) is 0 Å².